The van der Waals surface area contributed by atoms with Gasteiger partial charge in [0.25, 0.3) is 0 Å². The Balaban J connectivity index is 0.00000117. The summed E-state index contributed by atoms with van der Waals surface area (Å²) in [5.74, 6) is 0.466. The standard InChI is InChI=1S/C48H38N2O2.ClH.HNO.Ru/c51-47-35(27-33-15-3-7-21-39(33)45(47)41-23-11-17-31-13-1-5-19-37(31)41)29-49-43-25-9-10-26-44(43)50-30-36-28-34-16-4-8-22-40(34)46(48(36)52)42-24-12-18-32-14-2-6-20-38(32)42;;1-2;/h1-8,11-24,27-30,43-44,51-52H,9-10,25-26H2;1H;1H;/q;;;+1/p-1. The summed E-state index contributed by atoms with van der Waals surface area (Å²) in [5, 5.41) is 32.4. The van der Waals surface area contributed by atoms with Crippen LogP contribution in [0.25, 0.3) is 65.3 Å². The minimum absolute atomic E-state index is 0.0444. The Morgan fingerprint density at radius 2 is 0.839 bits per heavy atom. The van der Waals surface area contributed by atoms with E-state index < -0.39 is 0 Å². The van der Waals surface area contributed by atoms with Crippen LogP contribution in [0.4, 0.5) is 0 Å². The molecule has 0 radical (unpaired) electrons. The molecule has 0 amide bonds. The van der Waals surface area contributed by atoms with Crippen LogP contribution in [0.2, 0.25) is 0 Å². The quantitative estimate of drug-likeness (QED) is 0.0882. The summed E-state index contributed by atoms with van der Waals surface area (Å²) in [6.45, 7) is 0. The maximum atomic E-state index is 11.9. The number of hydrogen-bond acceptors (Lipinski definition) is 6. The molecule has 1 saturated carbocycles. The summed E-state index contributed by atoms with van der Waals surface area (Å²) >= 11 is 1.82. The third-order valence-electron chi connectivity index (χ3n) is 10.7. The van der Waals surface area contributed by atoms with Crippen LogP contribution in [0.1, 0.15) is 36.8 Å². The fourth-order valence-electron chi connectivity index (χ4n) is 8.14. The first-order chi connectivity index (χ1) is 27.6. The molecule has 8 aromatic rings. The van der Waals surface area contributed by atoms with Gasteiger partial charge in [0.2, 0.25) is 0 Å². The molecule has 0 bridgehead atoms. The first-order valence-electron chi connectivity index (χ1n) is 18.5. The Bertz CT molecular complexity index is 2540. The molecule has 9 rings (SSSR count). The topological polar surface area (TPSA) is 106 Å². The molecule has 1 aliphatic carbocycles. The Hall–Kier alpha value is -5.75. The number of nitrogens with one attached hydrogen (secondary N) is 1. The number of halogens is 1. The number of aliphatic imine (C=N–C) groups is 2. The molecule has 1 aliphatic rings. The summed E-state index contributed by atoms with van der Waals surface area (Å²) in [5.41, 5.74) is 9.54. The van der Waals surface area contributed by atoms with E-state index in [1.54, 1.807) is 0 Å². The van der Waals surface area contributed by atoms with Gasteiger partial charge in [0.1, 0.15) is 11.5 Å². The van der Waals surface area contributed by atoms with Crippen molar-refractivity contribution in [2.75, 3.05) is 0 Å². The molecule has 56 heavy (non-hydrogen) atoms. The Morgan fingerprint density at radius 3 is 1.25 bits per heavy atom. The predicted molar refractivity (Wildman–Crippen MR) is 230 cm³/mol. The van der Waals surface area contributed by atoms with Gasteiger partial charge in [-0.1, -0.05) is 152 Å². The van der Waals surface area contributed by atoms with Crippen molar-refractivity contribution in [2.45, 2.75) is 37.8 Å². The van der Waals surface area contributed by atoms with E-state index in [9.17, 15) is 10.2 Å². The Kier molecular flexibility index (Phi) is 12.2. The SMILES string of the molecule is N=O.Oc1c(C=NC2CCCCC2N=Cc2cc3ccccc3c(-c3cccc4ccccc34)c2O)cc2ccccc2c1-c1cccc2ccccc12.[Cl][Ru]. The monoisotopic (exact) mass is 842 g/mol. The molecule has 3 N–H and O–H groups in total. The van der Waals surface area contributed by atoms with Crippen LogP contribution in [0.15, 0.2) is 156 Å². The van der Waals surface area contributed by atoms with Gasteiger partial charge in [0.15, 0.2) is 0 Å². The number of hydrogen-bond donors (Lipinski definition) is 3. The number of rotatable bonds is 6. The first kappa shape index (κ1) is 38.5. The van der Waals surface area contributed by atoms with Crippen molar-refractivity contribution >= 4 is 65.2 Å². The third-order valence-corrected chi connectivity index (χ3v) is 10.7. The van der Waals surface area contributed by atoms with Gasteiger partial charge in [0.05, 0.1) is 12.1 Å². The van der Waals surface area contributed by atoms with Crippen LogP contribution in [-0.4, -0.2) is 34.7 Å². The maximum absolute atomic E-state index is 11.9. The molecule has 8 heteroatoms. The molecular weight excluding hydrogens is 803 g/mol. The molecule has 0 aromatic heterocycles. The molecule has 6 nitrogen and oxygen atoms in total. The minimum atomic E-state index is -0.0444. The van der Waals surface area contributed by atoms with Crippen molar-refractivity contribution < 1.29 is 27.5 Å². The summed E-state index contributed by atoms with van der Waals surface area (Å²) in [6, 6.07) is 49.5. The summed E-state index contributed by atoms with van der Waals surface area (Å²) in [4.78, 5) is 17.7. The van der Waals surface area contributed by atoms with E-state index in [0.29, 0.717) is 11.1 Å². The van der Waals surface area contributed by atoms with Crippen LogP contribution in [0, 0.1) is 10.5 Å². The number of fused-ring (bicyclic) bond motifs is 4. The van der Waals surface area contributed by atoms with Gasteiger partial charge in [-0.2, -0.15) is 4.91 Å². The van der Waals surface area contributed by atoms with E-state index in [0.717, 1.165) is 91.0 Å². The molecular formula is C48H39ClN3O3Ru. The van der Waals surface area contributed by atoms with Gasteiger partial charge in [-0.05, 0) is 79.2 Å². The van der Waals surface area contributed by atoms with Gasteiger partial charge in [-0.25, -0.2) is 0 Å². The van der Waals surface area contributed by atoms with Crippen LogP contribution in [0.3, 0.4) is 0 Å². The number of nitroso groups, excluding NO2 is 1. The van der Waals surface area contributed by atoms with Crippen molar-refractivity contribution in [1.29, 1.82) is 5.59 Å². The van der Waals surface area contributed by atoms with E-state index in [1.807, 2.05) is 90.4 Å². The van der Waals surface area contributed by atoms with E-state index >= 15 is 0 Å². The second kappa shape index (κ2) is 17.8. The second-order valence-corrected chi connectivity index (χ2v) is 13.8. The summed E-state index contributed by atoms with van der Waals surface area (Å²) < 4.78 is 0. The molecule has 1 fully saturated rings. The van der Waals surface area contributed by atoms with E-state index in [4.69, 9.17) is 14.9 Å². The summed E-state index contributed by atoms with van der Waals surface area (Å²) in [7, 11) is 4.57. The van der Waals surface area contributed by atoms with Crippen molar-refractivity contribution in [3.63, 3.8) is 0 Å². The number of phenolic OH excluding ortho intramolecular Hbond substituents is 2. The van der Waals surface area contributed by atoms with Crippen molar-refractivity contribution in [1.82, 2.24) is 0 Å². The second-order valence-electron chi connectivity index (χ2n) is 13.8. The third kappa shape index (κ3) is 7.58. The Morgan fingerprint density at radius 1 is 0.500 bits per heavy atom. The number of nitrogens with zero attached hydrogens (tertiary/aromatic N) is 2. The van der Waals surface area contributed by atoms with Crippen LogP contribution >= 0.6 is 9.69 Å². The van der Waals surface area contributed by atoms with Gasteiger partial charge in [0, 0.05) is 34.7 Å². The van der Waals surface area contributed by atoms with Gasteiger partial charge in [-0.3, -0.25) is 9.98 Å². The molecule has 0 aliphatic heterocycles. The number of aromatic hydroxyl groups is 2. The Labute approximate surface area is 339 Å². The van der Waals surface area contributed by atoms with Crippen LogP contribution in [-0.2, 0) is 17.3 Å². The molecule has 0 spiro atoms. The van der Waals surface area contributed by atoms with Crippen molar-refractivity contribution in [3.8, 4) is 33.8 Å². The molecule has 0 saturated heterocycles. The fraction of sp³-hybridized carbons (Fsp3) is 0.125. The van der Waals surface area contributed by atoms with Gasteiger partial charge >= 0.3 is 27.0 Å². The van der Waals surface area contributed by atoms with Gasteiger partial charge < -0.3 is 10.2 Å². The fourth-order valence-corrected chi connectivity index (χ4v) is 8.14. The summed E-state index contributed by atoms with van der Waals surface area (Å²) in [6.07, 6.45) is 7.67. The number of phenols is 2. The molecule has 8 aromatic carbocycles. The molecule has 2 atom stereocenters. The number of benzene rings is 8. The van der Waals surface area contributed by atoms with Crippen molar-refractivity contribution in [3.05, 3.63) is 162 Å². The molecule has 279 valence electrons. The van der Waals surface area contributed by atoms with Crippen LogP contribution < -0.4 is 0 Å². The zero-order valence-corrected chi connectivity index (χ0v) is 32.9. The van der Waals surface area contributed by atoms with Gasteiger partial charge in [-0.15, -0.1) is 0 Å². The zero-order valence-electron chi connectivity index (χ0n) is 30.4. The average molecular weight is 842 g/mol. The molecule has 2 unspecified atom stereocenters. The average Bonchev–Trinajstić information content (AvgIpc) is 3.26. The molecule has 0 heterocycles. The predicted octanol–water partition coefficient (Wildman–Crippen LogP) is 12.9. The van der Waals surface area contributed by atoms with E-state index in [-0.39, 0.29) is 23.6 Å². The first-order valence-corrected chi connectivity index (χ1v) is 20.7. The van der Waals surface area contributed by atoms with Crippen LogP contribution in [0.5, 0.6) is 11.5 Å². The normalized spacial score (nSPS) is 15.5. The zero-order chi connectivity index (χ0) is 39.0. The van der Waals surface area contributed by atoms with Crippen molar-refractivity contribution in [2.24, 2.45) is 9.98 Å². The van der Waals surface area contributed by atoms with E-state index in [2.05, 4.69) is 100 Å². The van der Waals surface area contributed by atoms with E-state index in [1.165, 1.54) is 0 Å².